The number of carbonyl (C=O) groups is 2. The maximum Gasteiger partial charge on any atom is 0.305 e. The highest BCUT2D eigenvalue weighted by atomic mass is 16.5. The van der Waals surface area contributed by atoms with E-state index in [1.165, 1.54) is 96.3 Å². The fraction of sp³-hybridized carbons (Fsp3) is 0.935. The van der Waals surface area contributed by atoms with Gasteiger partial charge in [0.1, 0.15) is 6.61 Å². The number of hydrogen-bond acceptors (Lipinski definition) is 4. The van der Waals surface area contributed by atoms with Crippen LogP contribution in [0.25, 0.3) is 0 Å². The van der Waals surface area contributed by atoms with Crippen LogP contribution in [-0.4, -0.2) is 49.6 Å². The molecule has 1 N–H and O–H groups in total. The molecule has 0 fully saturated rings. The Morgan fingerprint density at radius 2 is 1.06 bits per heavy atom. The Kier molecular flexibility index (Phi) is 27.6. The second-order valence-corrected chi connectivity index (χ2v) is 10.5. The first kappa shape index (κ1) is 34.9. The summed E-state index contributed by atoms with van der Waals surface area (Å²) in [5.41, 5.74) is 0. The van der Waals surface area contributed by atoms with E-state index in [4.69, 9.17) is 4.74 Å². The van der Waals surface area contributed by atoms with Gasteiger partial charge in [0.05, 0.1) is 0 Å². The molecule has 0 aromatic carbocycles. The number of carbonyl (C=O) groups excluding carboxylic acids is 2. The van der Waals surface area contributed by atoms with Gasteiger partial charge in [0, 0.05) is 25.9 Å². The van der Waals surface area contributed by atoms with Crippen LogP contribution < -0.4 is 5.32 Å². The van der Waals surface area contributed by atoms with E-state index in [-0.39, 0.29) is 11.9 Å². The minimum Gasteiger partial charge on any atom is -0.464 e. The third-order valence-electron chi connectivity index (χ3n) is 7.08. The van der Waals surface area contributed by atoms with Crippen molar-refractivity contribution in [3.8, 4) is 0 Å². The predicted molar refractivity (Wildman–Crippen MR) is 154 cm³/mol. The lowest BCUT2D eigenvalue weighted by atomic mass is 10.1. The standard InChI is InChI=1S/C31H62N2O3/c1-4-7-9-11-13-15-17-19-21-24-30(34)32-26-23-27-33(6-3)28-29-36-31(35)25-22-20-18-16-14-12-10-8-5-2/h4-29H2,1-3H3,(H,32,34). The average Bonchev–Trinajstić information content (AvgIpc) is 2.88. The molecule has 36 heavy (non-hydrogen) atoms. The van der Waals surface area contributed by atoms with Crippen molar-refractivity contribution in [3.63, 3.8) is 0 Å². The van der Waals surface area contributed by atoms with Crippen LogP contribution >= 0.6 is 0 Å². The number of amides is 1. The van der Waals surface area contributed by atoms with Crippen LogP contribution in [-0.2, 0) is 14.3 Å². The van der Waals surface area contributed by atoms with Gasteiger partial charge < -0.3 is 15.0 Å². The van der Waals surface area contributed by atoms with Gasteiger partial charge in [0.2, 0.25) is 5.91 Å². The molecule has 1 amide bonds. The molecule has 0 aliphatic carbocycles. The maximum absolute atomic E-state index is 12.0. The van der Waals surface area contributed by atoms with Crippen LogP contribution in [0.1, 0.15) is 156 Å². The van der Waals surface area contributed by atoms with E-state index < -0.39 is 0 Å². The Bertz CT molecular complexity index is 484. The van der Waals surface area contributed by atoms with Crippen molar-refractivity contribution in [1.29, 1.82) is 0 Å². The topological polar surface area (TPSA) is 58.6 Å². The zero-order valence-corrected chi connectivity index (χ0v) is 24.6. The van der Waals surface area contributed by atoms with Crippen LogP contribution in [0.2, 0.25) is 0 Å². The number of unbranched alkanes of at least 4 members (excludes halogenated alkanes) is 16. The van der Waals surface area contributed by atoms with Gasteiger partial charge in [0.25, 0.3) is 0 Å². The van der Waals surface area contributed by atoms with Crippen molar-refractivity contribution < 1.29 is 14.3 Å². The zero-order chi connectivity index (χ0) is 26.5. The number of hydrogen-bond donors (Lipinski definition) is 1. The Morgan fingerprint density at radius 1 is 0.583 bits per heavy atom. The molecule has 0 saturated heterocycles. The second kappa shape index (κ2) is 28.5. The summed E-state index contributed by atoms with van der Waals surface area (Å²) in [6.07, 6.45) is 25.0. The lowest BCUT2D eigenvalue weighted by molar-refractivity contribution is -0.144. The van der Waals surface area contributed by atoms with E-state index >= 15 is 0 Å². The maximum atomic E-state index is 12.0. The third kappa shape index (κ3) is 26.0. The fourth-order valence-electron chi connectivity index (χ4n) is 4.58. The fourth-order valence-corrected chi connectivity index (χ4v) is 4.58. The first-order chi connectivity index (χ1) is 17.6. The van der Waals surface area contributed by atoms with Crippen molar-refractivity contribution in [1.82, 2.24) is 10.2 Å². The Labute approximate surface area is 224 Å². The van der Waals surface area contributed by atoms with E-state index in [0.29, 0.717) is 19.4 Å². The molecule has 0 aromatic rings. The molecular formula is C31H62N2O3. The first-order valence-electron chi connectivity index (χ1n) is 15.8. The van der Waals surface area contributed by atoms with Gasteiger partial charge in [-0.3, -0.25) is 9.59 Å². The van der Waals surface area contributed by atoms with E-state index in [1.54, 1.807) is 0 Å². The normalized spacial score (nSPS) is 11.2. The molecule has 0 aliphatic rings. The highest BCUT2D eigenvalue weighted by Crippen LogP contribution is 2.11. The number of likely N-dealkylation sites (N-methyl/N-ethyl adjacent to an activating group) is 1. The van der Waals surface area contributed by atoms with Gasteiger partial charge in [-0.2, -0.15) is 0 Å². The summed E-state index contributed by atoms with van der Waals surface area (Å²) in [7, 11) is 0. The van der Waals surface area contributed by atoms with Gasteiger partial charge in [-0.05, 0) is 32.4 Å². The summed E-state index contributed by atoms with van der Waals surface area (Å²) in [6.45, 7) is 10.5. The van der Waals surface area contributed by atoms with Crippen LogP contribution in [0.15, 0.2) is 0 Å². The van der Waals surface area contributed by atoms with Gasteiger partial charge >= 0.3 is 5.97 Å². The molecule has 0 heterocycles. The molecule has 0 aromatic heterocycles. The lowest BCUT2D eigenvalue weighted by Crippen LogP contribution is -2.32. The van der Waals surface area contributed by atoms with Gasteiger partial charge in [-0.15, -0.1) is 0 Å². The minimum atomic E-state index is -0.0576. The minimum absolute atomic E-state index is 0.0576. The van der Waals surface area contributed by atoms with Crippen LogP contribution in [0.5, 0.6) is 0 Å². The molecule has 0 bridgehead atoms. The highest BCUT2D eigenvalue weighted by Gasteiger charge is 2.07. The number of rotatable bonds is 28. The summed E-state index contributed by atoms with van der Waals surface area (Å²) >= 11 is 0. The molecule has 214 valence electrons. The third-order valence-corrected chi connectivity index (χ3v) is 7.08. The van der Waals surface area contributed by atoms with E-state index in [9.17, 15) is 9.59 Å². The highest BCUT2D eigenvalue weighted by molar-refractivity contribution is 5.75. The molecule has 0 rings (SSSR count). The number of esters is 1. The van der Waals surface area contributed by atoms with E-state index in [0.717, 1.165) is 51.9 Å². The van der Waals surface area contributed by atoms with Gasteiger partial charge in [0.15, 0.2) is 0 Å². The molecule has 5 nitrogen and oxygen atoms in total. The van der Waals surface area contributed by atoms with Crippen molar-refractivity contribution in [3.05, 3.63) is 0 Å². The number of nitrogens with zero attached hydrogens (tertiary/aromatic N) is 1. The largest absolute Gasteiger partial charge is 0.464 e. The number of nitrogens with one attached hydrogen (secondary N) is 1. The van der Waals surface area contributed by atoms with Crippen LogP contribution in [0.4, 0.5) is 0 Å². The lowest BCUT2D eigenvalue weighted by Gasteiger charge is -2.20. The van der Waals surface area contributed by atoms with Crippen molar-refractivity contribution >= 4 is 11.9 Å². The Hall–Kier alpha value is -1.10. The molecule has 0 radical (unpaired) electrons. The number of ether oxygens (including phenoxy) is 1. The van der Waals surface area contributed by atoms with E-state index in [1.807, 2.05) is 0 Å². The van der Waals surface area contributed by atoms with Crippen molar-refractivity contribution in [2.75, 3.05) is 32.8 Å². The predicted octanol–water partition coefficient (Wildman–Crippen LogP) is 8.20. The zero-order valence-electron chi connectivity index (χ0n) is 24.6. The SMILES string of the molecule is CCCCCCCCCCCC(=O)NCCCN(CC)CCOC(=O)CCCCCCCCCCC. The summed E-state index contributed by atoms with van der Waals surface area (Å²) in [5, 5.41) is 3.06. The molecule has 0 spiro atoms. The quantitative estimate of drug-likeness (QED) is 0.0851. The van der Waals surface area contributed by atoms with Crippen molar-refractivity contribution in [2.45, 2.75) is 156 Å². The molecule has 0 atom stereocenters. The monoisotopic (exact) mass is 510 g/mol. The summed E-state index contributed by atoms with van der Waals surface area (Å²) in [4.78, 5) is 26.3. The first-order valence-corrected chi connectivity index (χ1v) is 15.8. The Balaban J connectivity index is 3.53. The Morgan fingerprint density at radius 3 is 1.56 bits per heavy atom. The molecular weight excluding hydrogens is 448 g/mol. The van der Waals surface area contributed by atoms with Gasteiger partial charge in [-0.1, -0.05) is 124 Å². The average molecular weight is 511 g/mol. The molecule has 0 aliphatic heterocycles. The molecule has 0 saturated carbocycles. The molecule has 5 heteroatoms. The van der Waals surface area contributed by atoms with Crippen molar-refractivity contribution in [2.24, 2.45) is 0 Å². The smallest absolute Gasteiger partial charge is 0.305 e. The summed E-state index contributed by atoms with van der Waals surface area (Å²) < 4.78 is 5.44. The van der Waals surface area contributed by atoms with Crippen LogP contribution in [0.3, 0.4) is 0 Å². The summed E-state index contributed by atoms with van der Waals surface area (Å²) in [5.74, 6) is 0.129. The second-order valence-electron chi connectivity index (χ2n) is 10.5. The summed E-state index contributed by atoms with van der Waals surface area (Å²) in [6, 6.07) is 0. The molecule has 0 unspecified atom stereocenters. The van der Waals surface area contributed by atoms with Crippen LogP contribution in [0, 0.1) is 0 Å². The van der Waals surface area contributed by atoms with E-state index in [2.05, 4.69) is 31.0 Å². The van der Waals surface area contributed by atoms with Gasteiger partial charge in [-0.25, -0.2) is 0 Å².